The lowest BCUT2D eigenvalue weighted by Crippen LogP contribution is -2.25. The lowest BCUT2D eigenvalue weighted by molar-refractivity contribution is 0.303. The molecule has 1 aromatic carbocycles. The van der Waals surface area contributed by atoms with E-state index in [1.165, 1.54) is 0 Å². The molecule has 1 atom stereocenters. The molecule has 2 N–H and O–H groups in total. The first kappa shape index (κ1) is 12.1. The summed E-state index contributed by atoms with van der Waals surface area (Å²) in [5.41, 5.74) is 5.41. The van der Waals surface area contributed by atoms with Crippen LogP contribution < -0.4 is 19.9 Å². The Hall–Kier alpha value is -1.93. The van der Waals surface area contributed by atoms with Crippen LogP contribution in [0, 0.1) is 11.3 Å². The van der Waals surface area contributed by atoms with Gasteiger partial charge in [0.1, 0.15) is 29.9 Å². The van der Waals surface area contributed by atoms with Gasteiger partial charge in [-0.2, -0.15) is 5.26 Å². The molecule has 0 spiro atoms. The summed E-state index contributed by atoms with van der Waals surface area (Å²) >= 11 is 0. The molecule has 0 saturated heterocycles. The van der Waals surface area contributed by atoms with Gasteiger partial charge in [0.15, 0.2) is 0 Å². The number of rotatable bonds is 5. The molecule has 0 saturated carbocycles. The third kappa shape index (κ3) is 3.33. The largest absolute Gasteiger partial charge is 0.496 e. The van der Waals surface area contributed by atoms with Crippen molar-refractivity contribution in [3.63, 3.8) is 0 Å². The van der Waals surface area contributed by atoms with Crippen LogP contribution in [0.2, 0.25) is 0 Å². The molecule has 0 aliphatic carbocycles. The van der Waals surface area contributed by atoms with Gasteiger partial charge in [-0.25, -0.2) is 0 Å². The summed E-state index contributed by atoms with van der Waals surface area (Å²) in [5, 5.41) is 8.51. The summed E-state index contributed by atoms with van der Waals surface area (Å²) in [6.07, 6.45) is 0. The zero-order valence-corrected chi connectivity index (χ0v) is 9.27. The Morgan fingerprint density at radius 2 is 1.69 bits per heavy atom. The van der Waals surface area contributed by atoms with Crippen molar-refractivity contribution in [3.05, 3.63) is 18.2 Å². The van der Waals surface area contributed by atoms with Crippen LogP contribution in [0.3, 0.4) is 0 Å². The van der Waals surface area contributed by atoms with Gasteiger partial charge >= 0.3 is 0 Å². The normalized spacial score (nSPS) is 11.4. The average Bonchev–Trinajstić information content (AvgIpc) is 2.35. The summed E-state index contributed by atoms with van der Waals surface area (Å²) in [5.74, 6) is 1.81. The Morgan fingerprint density at radius 1 is 1.19 bits per heavy atom. The molecule has 0 aliphatic rings. The van der Waals surface area contributed by atoms with Crippen molar-refractivity contribution < 1.29 is 14.2 Å². The minimum absolute atomic E-state index is 0.132. The van der Waals surface area contributed by atoms with Crippen molar-refractivity contribution in [2.45, 2.75) is 6.04 Å². The molecule has 0 heterocycles. The maximum absolute atomic E-state index is 8.51. The second kappa shape index (κ2) is 5.83. The van der Waals surface area contributed by atoms with Crippen LogP contribution in [0.1, 0.15) is 0 Å². The summed E-state index contributed by atoms with van der Waals surface area (Å²) < 4.78 is 15.5. The molecule has 16 heavy (non-hydrogen) atoms. The van der Waals surface area contributed by atoms with Gasteiger partial charge in [-0.15, -0.1) is 0 Å². The summed E-state index contributed by atoms with van der Waals surface area (Å²) in [7, 11) is 3.11. The predicted molar refractivity (Wildman–Crippen MR) is 58.6 cm³/mol. The SMILES string of the molecule is COc1cc(OC)cc(OCC(N)C#N)c1. The molecule has 0 radical (unpaired) electrons. The van der Waals surface area contributed by atoms with Crippen molar-refractivity contribution in [1.82, 2.24) is 0 Å². The topological polar surface area (TPSA) is 77.5 Å². The first-order valence-corrected chi connectivity index (χ1v) is 4.70. The third-order valence-corrected chi connectivity index (χ3v) is 1.92. The van der Waals surface area contributed by atoms with Gasteiger partial charge in [-0.3, -0.25) is 0 Å². The van der Waals surface area contributed by atoms with E-state index in [0.29, 0.717) is 17.2 Å². The fraction of sp³-hybridized carbons (Fsp3) is 0.364. The van der Waals surface area contributed by atoms with Gasteiger partial charge in [0.2, 0.25) is 0 Å². The van der Waals surface area contributed by atoms with Gasteiger partial charge in [0.25, 0.3) is 0 Å². The Morgan fingerprint density at radius 3 is 2.12 bits per heavy atom. The van der Waals surface area contributed by atoms with Crippen LogP contribution in [0.25, 0.3) is 0 Å². The lowest BCUT2D eigenvalue weighted by atomic mass is 10.3. The van der Waals surface area contributed by atoms with Crippen LogP contribution in [0.15, 0.2) is 18.2 Å². The second-order valence-electron chi connectivity index (χ2n) is 3.09. The van der Waals surface area contributed by atoms with Crippen molar-refractivity contribution in [1.29, 1.82) is 5.26 Å². The molecule has 1 unspecified atom stereocenters. The van der Waals surface area contributed by atoms with Crippen molar-refractivity contribution in [2.24, 2.45) is 5.73 Å². The summed E-state index contributed by atoms with van der Waals surface area (Å²) in [6.45, 7) is 0.132. The molecule has 0 bridgehead atoms. The summed E-state index contributed by atoms with van der Waals surface area (Å²) in [4.78, 5) is 0. The van der Waals surface area contributed by atoms with Crippen molar-refractivity contribution in [3.8, 4) is 23.3 Å². The molecule has 0 aliphatic heterocycles. The highest BCUT2D eigenvalue weighted by Gasteiger charge is 2.05. The highest BCUT2D eigenvalue weighted by molar-refractivity contribution is 5.42. The van der Waals surface area contributed by atoms with Gasteiger partial charge in [0.05, 0.1) is 20.3 Å². The highest BCUT2D eigenvalue weighted by Crippen LogP contribution is 2.27. The van der Waals surface area contributed by atoms with Gasteiger partial charge in [-0.1, -0.05) is 0 Å². The van der Waals surface area contributed by atoms with E-state index < -0.39 is 6.04 Å². The van der Waals surface area contributed by atoms with E-state index in [-0.39, 0.29) is 6.61 Å². The van der Waals surface area contributed by atoms with Gasteiger partial charge in [0, 0.05) is 18.2 Å². The number of nitrogens with two attached hydrogens (primary N) is 1. The fourth-order valence-corrected chi connectivity index (χ4v) is 1.09. The molecule has 86 valence electrons. The van der Waals surface area contributed by atoms with E-state index in [1.54, 1.807) is 32.4 Å². The first-order valence-electron chi connectivity index (χ1n) is 4.70. The highest BCUT2D eigenvalue weighted by atomic mass is 16.5. The van der Waals surface area contributed by atoms with E-state index in [4.69, 9.17) is 25.2 Å². The Labute approximate surface area is 94.3 Å². The van der Waals surface area contributed by atoms with Crippen LogP contribution >= 0.6 is 0 Å². The summed E-state index contributed by atoms with van der Waals surface area (Å²) in [6, 6.07) is 6.38. The lowest BCUT2D eigenvalue weighted by Gasteiger charge is -2.10. The number of hydrogen-bond acceptors (Lipinski definition) is 5. The number of benzene rings is 1. The molecule has 0 amide bonds. The van der Waals surface area contributed by atoms with Crippen LogP contribution in [-0.2, 0) is 0 Å². The van der Waals surface area contributed by atoms with E-state index in [2.05, 4.69) is 0 Å². The standard InChI is InChI=1S/C11H14N2O3/c1-14-9-3-10(15-2)5-11(4-9)16-7-8(13)6-12/h3-5,8H,7,13H2,1-2H3. The van der Waals surface area contributed by atoms with E-state index >= 15 is 0 Å². The quantitative estimate of drug-likeness (QED) is 0.802. The van der Waals surface area contributed by atoms with Gasteiger partial charge < -0.3 is 19.9 Å². The maximum atomic E-state index is 8.51. The third-order valence-electron chi connectivity index (χ3n) is 1.92. The number of nitriles is 1. The molecule has 1 aromatic rings. The molecule has 0 aromatic heterocycles. The van der Waals surface area contributed by atoms with E-state index in [9.17, 15) is 0 Å². The average molecular weight is 222 g/mol. The molecule has 1 rings (SSSR count). The Kier molecular flexibility index (Phi) is 4.42. The minimum atomic E-state index is -0.641. The van der Waals surface area contributed by atoms with Crippen molar-refractivity contribution in [2.75, 3.05) is 20.8 Å². The molecule has 0 fully saturated rings. The number of nitrogens with zero attached hydrogens (tertiary/aromatic N) is 1. The molecule has 5 heteroatoms. The Balaban J connectivity index is 2.75. The van der Waals surface area contributed by atoms with Gasteiger partial charge in [-0.05, 0) is 0 Å². The second-order valence-corrected chi connectivity index (χ2v) is 3.09. The predicted octanol–water partition coefficient (Wildman–Crippen LogP) is 0.933. The zero-order chi connectivity index (χ0) is 12.0. The number of ether oxygens (including phenoxy) is 3. The van der Waals surface area contributed by atoms with Crippen LogP contribution in [-0.4, -0.2) is 26.9 Å². The van der Waals surface area contributed by atoms with Crippen LogP contribution in [0.4, 0.5) is 0 Å². The molecular formula is C11H14N2O3. The Bertz CT molecular complexity index is 365. The van der Waals surface area contributed by atoms with E-state index in [0.717, 1.165) is 0 Å². The zero-order valence-electron chi connectivity index (χ0n) is 9.27. The maximum Gasteiger partial charge on any atom is 0.127 e. The smallest absolute Gasteiger partial charge is 0.127 e. The number of methoxy groups -OCH3 is 2. The minimum Gasteiger partial charge on any atom is -0.496 e. The van der Waals surface area contributed by atoms with Crippen LogP contribution in [0.5, 0.6) is 17.2 Å². The number of hydrogen-bond donors (Lipinski definition) is 1. The molecular weight excluding hydrogens is 208 g/mol. The molecule has 5 nitrogen and oxygen atoms in total. The fourth-order valence-electron chi connectivity index (χ4n) is 1.09. The monoisotopic (exact) mass is 222 g/mol. The van der Waals surface area contributed by atoms with E-state index in [1.807, 2.05) is 6.07 Å². The first-order chi connectivity index (χ1) is 7.69. The van der Waals surface area contributed by atoms with Crippen molar-refractivity contribution >= 4 is 0 Å².